The van der Waals surface area contributed by atoms with E-state index in [0.29, 0.717) is 87.8 Å². The molecule has 0 saturated carbocycles. The fourth-order valence-corrected chi connectivity index (χ4v) is 10.9. The Hall–Kier alpha value is -9.81. The molecule has 442 valence electrons. The van der Waals surface area contributed by atoms with Crippen LogP contribution in [0.15, 0.2) is 197 Å². The van der Waals surface area contributed by atoms with Gasteiger partial charge in [-0.1, -0.05) is 91.7 Å². The maximum atomic E-state index is 12.7. The smallest absolute Gasteiger partial charge is 0.344 e. The largest absolute Gasteiger partial charge is 0.508 e. The van der Waals surface area contributed by atoms with Gasteiger partial charge in [0.05, 0.1) is 29.2 Å². The Morgan fingerprint density at radius 1 is 0.414 bits per heavy atom. The Kier molecular flexibility index (Phi) is 18.6. The van der Waals surface area contributed by atoms with Crippen molar-refractivity contribution in [2.75, 3.05) is 61.1 Å². The van der Waals surface area contributed by atoms with Gasteiger partial charge in [0.15, 0.2) is 0 Å². The van der Waals surface area contributed by atoms with Gasteiger partial charge < -0.3 is 43.8 Å². The molecule has 17 nitrogen and oxygen atoms in total. The molecule has 0 bridgehead atoms. The third-order valence-corrected chi connectivity index (χ3v) is 15.4. The maximum Gasteiger partial charge on any atom is 0.344 e. The first-order valence-corrected chi connectivity index (χ1v) is 29.4. The molecular weight excluding hydrogens is 1130 g/mol. The molecule has 2 aliphatic rings. The van der Waals surface area contributed by atoms with Gasteiger partial charge in [-0.3, -0.25) is 24.2 Å². The van der Waals surface area contributed by atoms with Gasteiger partial charge >= 0.3 is 16.9 Å². The molecule has 0 atom stereocenters. The number of aromatic hydroxyl groups is 1. The third kappa shape index (κ3) is 14.8. The van der Waals surface area contributed by atoms with Crippen molar-refractivity contribution in [1.29, 1.82) is 0 Å². The first kappa shape index (κ1) is 58.9. The minimum atomic E-state index is -0.495. The standard InChI is InChI=1S/C27H26N2O4.C22H16ClNO4.C20H20N2O4/c30-26(17-29-13-5-2-6-14-29)28-20-9-11-22-23-12-10-21(32-18-19-7-3-1-4-8-19)16-25(23)33-27(31)24(22)15-20;23-12-21(25)24-15-6-8-17-18-9-7-16(27-13-14-4-2-1-3-5-14)11-20(18)28-22(26)19(17)10-15;23-14-5-7-16-15-6-4-13(10-17(15)20(25)26-18(16)11-14)21-19(24)12-22-8-2-1-3-9-22/h1,3-4,7-12,15-16H,2,5-6,13-14,17-18H2,(H,28,30);1-11H,12-13H2,(H,24,25);4-7,10-11,23H,1-3,8-9,12H2,(H,21,24). The van der Waals surface area contributed by atoms with Gasteiger partial charge in [-0.25, -0.2) is 14.4 Å². The minimum Gasteiger partial charge on any atom is -0.508 e. The monoisotopic (exact) mass is 1190 g/mol. The van der Waals surface area contributed by atoms with Crippen molar-refractivity contribution < 1.29 is 42.2 Å². The van der Waals surface area contributed by atoms with Crippen molar-refractivity contribution in [3.8, 4) is 17.2 Å². The summed E-state index contributed by atoms with van der Waals surface area (Å²) in [7, 11) is 0. The highest BCUT2D eigenvalue weighted by Crippen LogP contribution is 2.32. The highest BCUT2D eigenvalue weighted by Gasteiger charge is 2.18. The minimum absolute atomic E-state index is 0.0431. The number of nitrogens with zero attached hydrogens (tertiary/aromatic N) is 2. The van der Waals surface area contributed by atoms with Crippen LogP contribution in [0.5, 0.6) is 17.2 Å². The number of piperidine rings is 2. The van der Waals surface area contributed by atoms with E-state index in [1.165, 1.54) is 18.9 Å². The number of ether oxygens (including phenoxy) is 2. The summed E-state index contributed by atoms with van der Waals surface area (Å²) < 4.78 is 28.0. The van der Waals surface area contributed by atoms with Crippen molar-refractivity contribution in [2.45, 2.75) is 51.7 Å². The number of alkyl halides is 1. The zero-order valence-electron chi connectivity index (χ0n) is 47.5. The van der Waals surface area contributed by atoms with Crippen LogP contribution in [-0.2, 0) is 27.6 Å². The quantitative estimate of drug-likeness (QED) is 0.0452. The zero-order valence-corrected chi connectivity index (χ0v) is 48.2. The number of fused-ring (bicyclic) bond motifs is 9. The third-order valence-electron chi connectivity index (χ3n) is 15.2. The lowest BCUT2D eigenvalue weighted by Gasteiger charge is -2.25. The second-order valence-corrected chi connectivity index (χ2v) is 21.7. The molecule has 3 aromatic heterocycles. The van der Waals surface area contributed by atoms with Crippen LogP contribution in [-0.4, -0.2) is 77.8 Å². The topological polar surface area (TPSA) is 223 Å². The highest BCUT2D eigenvalue weighted by molar-refractivity contribution is 6.29. The van der Waals surface area contributed by atoms with Crippen LogP contribution < -0.4 is 42.3 Å². The Morgan fingerprint density at radius 3 is 1.16 bits per heavy atom. The average molecular weight is 1190 g/mol. The molecule has 3 amide bonds. The molecule has 0 spiro atoms. The summed E-state index contributed by atoms with van der Waals surface area (Å²) in [4.78, 5) is 77.9. The summed E-state index contributed by atoms with van der Waals surface area (Å²) in [5, 5.41) is 23.8. The molecule has 0 aliphatic carbocycles. The molecule has 8 aromatic carbocycles. The predicted octanol–water partition coefficient (Wildman–Crippen LogP) is 12.7. The number of phenols is 1. The fraction of sp³-hybridized carbons (Fsp3) is 0.217. The Balaban J connectivity index is 0.000000136. The number of hydrogen-bond acceptors (Lipinski definition) is 14. The molecule has 0 radical (unpaired) electrons. The van der Waals surface area contributed by atoms with Crippen molar-refractivity contribution in [3.63, 3.8) is 0 Å². The van der Waals surface area contributed by atoms with Crippen LogP contribution in [0.4, 0.5) is 17.1 Å². The van der Waals surface area contributed by atoms with Crippen LogP contribution in [0.2, 0.25) is 0 Å². The summed E-state index contributed by atoms with van der Waals surface area (Å²) in [5.41, 5.74) is 3.61. The van der Waals surface area contributed by atoms with E-state index in [2.05, 4.69) is 25.8 Å². The number of nitrogens with one attached hydrogen (secondary N) is 3. The van der Waals surface area contributed by atoms with Gasteiger partial charge in [0.1, 0.15) is 53.1 Å². The number of rotatable bonds is 14. The van der Waals surface area contributed by atoms with Crippen molar-refractivity contribution >= 4 is 112 Å². The Bertz CT molecular complexity index is 4500. The summed E-state index contributed by atoms with van der Waals surface area (Å²) in [6.45, 7) is 5.41. The normalized spacial score (nSPS) is 13.6. The number of benzene rings is 8. The fourth-order valence-electron chi connectivity index (χ4n) is 10.9. The van der Waals surface area contributed by atoms with Gasteiger partial charge in [-0.15, -0.1) is 11.6 Å². The van der Waals surface area contributed by atoms with Gasteiger partial charge in [0.25, 0.3) is 0 Å². The van der Waals surface area contributed by atoms with Crippen LogP contribution >= 0.6 is 11.6 Å². The number of halogens is 1. The molecule has 5 heterocycles. The number of phenolic OH excluding ortho intramolecular Hbond substituents is 1. The van der Waals surface area contributed by atoms with Crippen molar-refractivity contribution in [3.05, 3.63) is 212 Å². The Morgan fingerprint density at radius 2 is 0.770 bits per heavy atom. The first-order valence-electron chi connectivity index (χ1n) is 28.8. The zero-order chi connectivity index (χ0) is 60.2. The predicted molar refractivity (Wildman–Crippen MR) is 340 cm³/mol. The van der Waals surface area contributed by atoms with E-state index < -0.39 is 16.9 Å². The van der Waals surface area contributed by atoms with E-state index >= 15 is 0 Å². The van der Waals surface area contributed by atoms with Crippen LogP contribution in [0, 0.1) is 0 Å². The number of anilines is 3. The lowest BCUT2D eigenvalue weighted by molar-refractivity contribution is -0.118. The van der Waals surface area contributed by atoms with Crippen LogP contribution in [0.25, 0.3) is 65.2 Å². The first-order chi connectivity index (χ1) is 42.4. The molecule has 2 fully saturated rings. The molecule has 11 aromatic rings. The molecule has 2 saturated heterocycles. The van der Waals surface area contributed by atoms with Gasteiger partial charge in [-0.2, -0.15) is 0 Å². The lowest BCUT2D eigenvalue weighted by atomic mass is 10.1. The molecule has 4 N–H and O–H groups in total. The van der Waals surface area contributed by atoms with Crippen LogP contribution in [0.1, 0.15) is 49.7 Å². The van der Waals surface area contributed by atoms with E-state index in [1.54, 1.807) is 66.7 Å². The number of likely N-dealkylation sites (tertiary alicyclic amines) is 2. The second kappa shape index (κ2) is 27.5. The van der Waals surface area contributed by atoms with Gasteiger partial charge in [0.2, 0.25) is 17.7 Å². The molecular formula is C69H62ClN5O12. The number of hydrogen-bond donors (Lipinski definition) is 4. The summed E-state index contributed by atoms with van der Waals surface area (Å²) >= 11 is 5.50. The highest BCUT2D eigenvalue weighted by atomic mass is 35.5. The maximum absolute atomic E-state index is 12.7. The summed E-state index contributed by atoms with van der Waals surface area (Å²) in [6.07, 6.45) is 6.99. The molecule has 0 unspecified atom stereocenters. The molecule has 18 heteroatoms. The van der Waals surface area contributed by atoms with Crippen molar-refractivity contribution in [1.82, 2.24) is 9.80 Å². The summed E-state index contributed by atoms with van der Waals surface area (Å²) in [6, 6.07) is 51.0. The SMILES string of the molecule is O=C(CCl)Nc1ccc2c(c1)c(=O)oc1cc(OCc3ccccc3)ccc12.O=C(CN1CCCCC1)Nc1ccc2c(c1)c(=O)oc1cc(O)ccc12.O=C(CN1CCCCC1)Nc1ccc2c(c1)c(=O)oc1cc(OCc3ccccc3)ccc12. The van der Waals surface area contributed by atoms with Crippen molar-refractivity contribution in [2.24, 2.45) is 0 Å². The second-order valence-electron chi connectivity index (χ2n) is 21.4. The van der Waals surface area contributed by atoms with E-state index in [-0.39, 0.29) is 29.4 Å². The number of carbonyl (C=O) groups is 3. The Labute approximate surface area is 503 Å². The summed E-state index contributed by atoms with van der Waals surface area (Å²) in [5.74, 6) is 0.645. The van der Waals surface area contributed by atoms with Gasteiger partial charge in [0, 0.05) is 67.6 Å². The number of carbonyl (C=O) groups excluding carboxylic acids is 3. The van der Waals surface area contributed by atoms with Crippen LogP contribution in [0.3, 0.4) is 0 Å². The lowest BCUT2D eigenvalue weighted by Crippen LogP contribution is -2.36. The van der Waals surface area contributed by atoms with E-state index in [4.69, 9.17) is 34.3 Å². The van der Waals surface area contributed by atoms with E-state index in [0.717, 1.165) is 95.3 Å². The molecule has 13 rings (SSSR count). The molecule has 87 heavy (non-hydrogen) atoms. The van der Waals surface area contributed by atoms with Gasteiger partial charge in [-0.05, 0) is 136 Å². The van der Waals surface area contributed by atoms with E-state index in [1.807, 2.05) is 97.1 Å². The van der Waals surface area contributed by atoms with E-state index in [9.17, 15) is 33.9 Å². The number of amides is 3. The molecule has 2 aliphatic heterocycles. The average Bonchev–Trinajstić information content (AvgIpc) is 2.39.